The van der Waals surface area contributed by atoms with Gasteiger partial charge in [0.25, 0.3) is 10.0 Å². The van der Waals surface area contributed by atoms with Crippen molar-refractivity contribution >= 4 is 27.3 Å². The molecule has 236 valence electrons. The Labute approximate surface area is 265 Å². The molecule has 2 bridgehead atoms. The number of fused-ring (bicyclic) bond motifs is 3. The van der Waals surface area contributed by atoms with E-state index in [-0.39, 0.29) is 23.4 Å². The monoisotopic (exact) mass is 641 g/mol. The second kappa shape index (κ2) is 12.2. The lowest BCUT2D eigenvalue weighted by atomic mass is 9.72. The van der Waals surface area contributed by atoms with Gasteiger partial charge < -0.3 is 14.4 Å². The van der Waals surface area contributed by atoms with Crippen molar-refractivity contribution in [2.75, 3.05) is 44.6 Å². The zero-order chi connectivity index (χ0) is 31.2. The third-order valence-corrected chi connectivity index (χ3v) is 11.7. The van der Waals surface area contributed by atoms with Crippen molar-refractivity contribution in [1.82, 2.24) is 9.80 Å². The first-order valence-electron chi connectivity index (χ1n) is 15.4. The standard InChI is InChI=1S/C34H41ClFN3O4S/c1-23(2)43-26-12-14-27(15-13-26)44(40,41)39-22-34(28-8-5-6-9-31(28)36,29-18-30(35)33(42-4)19-32(29)39)16-7-17-38-20-24-10-11-25(21-38)37(24)3/h5-6,8-9,12-15,18-19,23-25H,7,10-11,16-17,20-22H2,1-4H3. The van der Waals surface area contributed by atoms with Gasteiger partial charge in [0.15, 0.2) is 0 Å². The van der Waals surface area contributed by atoms with Gasteiger partial charge in [0.05, 0.1) is 28.8 Å². The molecule has 3 atom stereocenters. The van der Waals surface area contributed by atoms with Crippen molar-refractivity contribution in [2.45, 2.75) is 68.0 Å². The second-order valence-electron chi connectivity index (χ2n) is 12.6. The van der Waals surface area contributed by atoms with Gasteiger partial charge in [-0.25, -0.2) is 12.8 Å². The van der Waals surface area contributed by atoms with Gasteiger partial charge >= 0.3 is 0 Å². The number of likely N-dealkylation sites (tertiary alicyclic amines) is 1. The van der Waals surface area contributed by atoms with Crippen LogP contribution >= 0.6 is 11.6 Å². The lowest BCUT2D eigenvalue weighted by Crippen LogP contribution is -2.52. The molecule has 0 N–H and O–H groups in total. The number of hydrogen-bond donors (Lipinski definition) is 0. The fourth-order valence-corrected chi connectivity index (χ4v) is 9.20. The Bertz CT molecular complexity index is 1610. The largest absolute Gasteiger partial charge is 0.495 e. The molecule has 2 fully saturated rings. The second-order valence-corrected chi connectivity index (χ2v) is 14.9. The minimum atomic E-state index is -4.04. The van der Waals surface area contributed by atoms with E-state index in [1.54, 1.807) is 48.5 Å². The molecule has 44 heavy (non-hydrogen) atoms. The summed E-state index contributed by atoms with van der Waals surface area (Å²) in [6.07, 6.45) is 3.74. The highest BCUT2D eigenvalue weighted by atomic mass is 35.5. The molecule has 3 aliphatic heterocycles. The maximum absolute atomic E-state index is 15.8. The van der Waals surface area contributed by atoms with Crippen molar-refractivity contribution < 1.29 is 22.3 Å². The summed E-state index contributed by atoms with van der Waals surface area (Å²) < 4.78 is 57.2. The van der Waals surface area contributed by atoms with E-state index in [2.05, 4.69) is 16.8 Å². The summed E-state index contributed by atoms with van der Waals surface area (Å²) in [5.41, 5.74) is 0.666. The molecule has 0 spiro atoms. The summed E-state index contributed by atoms with van der Waals surface area (Å²) in [7, 11) is -0.320. The highest BCUT2D eigenvalue weighted by Crippen LogP contribution is 2.53. The molecule has 3 unspecified atom stereocenters. The number of halogens is 2. The van der Waals surface area contributed by atoms with Crippen LogP contribution in [0.3, 0.4) is 0 Å². The van der Waals surface area contributed by atoms with Gasteiger partial charge in [-0.3, -0.25) is 9.21 Å². The minimum absolute atomic E-state index is 0.0393. The number of nitrogens with zero attached hydrogens (tertiary/aromatic N) is 3. The zero-order valence-electron chi connectivity index (χ0n) is 25.8. The van der Waals surface area contributed by atoms with Crippen LogP contribution in [0.15, 0.2) is 65.6 Å². The summed E-state index contributed by atoms with van der Waals surface area (Å²) in [6.45, 7) is 6.79. The van der Waals surface area contributed by atoms with E-state index in [1.807, 2.05) is 19.9 Å². The normalized spacial score (nSPS) is 23.8. The fourth-order valence-electron chi connectivity index (χ4n) is 7.42. The molecule has 6 rings (SSSR count). The van der Waals surface area contributed by atoms with Crippen LogP contribution in [0.5, 0.6) is 11.5 Å². The minimum Gasteiger partial charge on any atom is -0.495 e. The van der Waals surface area contributed by atoms with Crippen LogP contribution < -0.4 is 13.8 Å². The third-order valence-electron chi connectivity index (χ3n) is 9.64. The van der Waals surface area contributed by atoms with E-state index in [4.69, 9.17) is 21.1 Å². The van der Waals surface area contributed by atoms with E-state index in [0.717, 1.165) is 26.1 Å². The highest BCUT2D eigenvalue weighted by Gasteiger charge is 2.49. The smallest absolute Gasteiger partial charge is 0.264 e. The lowest BCUT2D eigenvalue weighted by Gasteiger charge is -2.39. The maximum atomic E-state index is 15.8. The molecule has 0 aromatic heterocycles. The van der Waals surface area contributed by atoms with Crippen LogP contribution in [0.25, 0.3) is 0 Å². The number of methoxy groups -OCH3 is 1. The molecule has 3 aromatic carbocycles. The molecule has 0 amide bonds. The van der Waals surface area contributed by atoms with E-state index in [0.29, 0.717) is 51.8 Å². The Hall–Kier alpha value is -2.85. The number of hydrogen-bond acceptors (Lipinski definition) is 6. The van der Waals surface area contributed by atoms with Gasteiger partial charge in [0.2, 0.25) is 0 Å². The molecule has 3 aromatic rings. The summed E-state index contributed by atoms with van der Waals surface area (Å²) in [4.78, 5) is 5.15. The molecule has 10 heteroatoms. The Morgan fingerprint density at radius 2 is 1.70 bits per heavy atom. The average Bonchev–Trinajstić information content (AvgIpc) is 3.40. The van der Waals surface area contributed by atoms with Gasteiger partial charge in [-0.05, 0) is 95.1 Å². The lowest BCUT2D eigenvalue weighted by molar-refractivity contribution is 0.0865. The van der Waals surface area contributed by atoms with Crippen LogP contribution in [0, 0.1) is 5.82 Å². The molecule has 0 radical (unpaired) electrons. The summed E-state index contributed by atoms with van der Waals surface area (Å²) in [5.74, 6) is 0.591. The number of anilines is 1. The van der Waals surface area contributed by atoms with Crippen LogP contribution in [0.4, 0.5) is 10.1 Å². The van der Waals surface area contributed by atoms with Crippen LogP contribution in [0.1, 0.15) is 50.7 Å². The maximum Gasteiger partial charge on any atom is 0.264 e. The van der Waals surface area contributed by atoms with Crippen molar-refractivity contribution in [2.24, 2.45) is 0 Å². The first kappa shape index (κ1) is 31.1. The molecule has 0 aliphatic carbocycles. The SMILES string of the molecule is COc1cc2c(cc1Cl)C(CCCN1CC3CCC(C1)N3C)(c1ccccc1F)CN2S(=O)(=O)c1ccc(OC(C)C)cc1. The highest BCUT2D eigenvalue weighted by molar-refractivity contribution is 7.92. The van der Waals surface area contributed by atoms with Crippen LogP contribution in [-0.2, 0) is 15.4 Å². The van der Waals surface area contributed by atoms with E-state index >= 15 is 4.39 Å². The fraction of sp³-hybridized carbons (Fsp3) is 0.471. The number of piperazine rings is 1. The van der Waals surface area contributed by atoms with E-state index in [1.165, 1.54) is 30.3 Å². The molecule has 2 saturated heterocycles. The topological polar surface area (TPSA) is 62.3 Å². The zero-order valence-corrected chi connectivity index (χ0v) is 27.4. The molecule has 7 nitrogen and oxygen atoms in total. The number of ether oxygens (including phenoxy) is 2. The third kappa shape index (κ3) is 5.57. The van der Waals surface area contributed by atoms with Gasteiger partial charge in [0.1, 0.15) is 17.3 Å². The van der Waals surface area contributed by atoms with Gasteiger partial charge in [-0.15, -0.1) is 0 Å². The Morgan fingerprint density at radius 3 is 2.34 bits per heavy atom. The average molecular weight is 642 g/mol. The summed E-state index contributed by atoms with van der Waals surface area (Å²) in [6, 6.07) is 17.8. The first-order chi connectivity index (χ1) is 21.0. The van der Waals surface area contributed by atoms with E-state index in [9.17, 15) is 8.42 Å². The van der Waals surface area contributed by atoms with E-state index < -0.39 is 15.4 Å². The number of rotatable bonds is 10. The number of likely N-dealkylation sites (N-methyl/N-ethyl adjacent to an activating group) is 1. The molecule has 0 saturated carbocycles. The van der Waals surface area contributed by atoms with Gasteiger partial charge in [0, 0.05) is 48.8 Å². The molecule has 3 heterocycles. The molecular weight excluding hydrogens is 601 g/mol. The first-order valence-corrected chi connectivity index (χ1v) is 17.2. The Morgan fingerprint density at radius 1 is 1.02 bits per heavy atom. The Balaban J connectivity index is 1.39. The summed E-state index contributed by atoms with van der Waals surface area (Å²) in [5, 5.41) is 0.358. The quantitative estimate of drug-likeness (QED) is 0.258. The predicted octanol–water partition coefficient (Wildman–Crippen LogP) is 6.33. The van der Waals surface area contributed by atoms with Gasteiger partial charge in [-0.2, -0.15) is 0 Å². The van der Waals surface area contributed by atoms with Crippen molar-refractivity contribution in [3.63, 3.8) is 0 Å². The Kier molecular flexibility index (Phi) is 8.60. The number of sulfonamides is 1. The molecular formula is C34H41ClFN3O4S. The van der Waals surface area contributed by atoms with Crippen LogP contribution in [-0.4, -0.2) is 76.7 Å². The number of benzene rings is 3. The predicted molar refractivity (Wildman–Crippen MR) is 172 cm³/mol. The summed E-state index contributed by atoms with van der Waals surface area (Å²) >= 11 is 6.70. The van der Waals surface area contributed by atoms with Crippen LogP contribution in [0.2, 0.25) is 5.02 Å². The molecule has 3 aliphatic rings. The van der Waals surface area contributed by atoms with Crippen molar-refractivity contribution in [1.29, 1.82) is 0 Å². The van der Waals surface area contributed by atoms with Crippen molar-refractivity contribution in [3.05, 3.63) is 82.6 Å². The van der Waals surface area contributed by atoms with Crippen molar-refractivity contribution in [3.8, 4) is 11.5 Å². The van der Waals surface area contributed by atoms with Gasteiger partial charge in [-0.1, -0.05) is 29.8 Å².